The lowest BCUT2D eigenvalue weighted by atomic mass is 9.39. The van der Waals surface area contributed by atoms with E-state index in [1.54, 1.807) is 6.92 Å². The predicted octanol–water partition coefficient (Wildman–Crippen LogP) is 1.79. The summed E-state index contributed by atoms with van der Waals surface area (Å²) < 4.78 is 12.2. The molecule has 3 aliphatic carbocycles. The van der Waals surface area contributed by atoms with Crippen LogP contribution in [0.25, 0.3) is 0 Å². The van der Waals surface area contributed by atoms with E-state index in [0.29, 0.717) is 12.2 Å². The third kappa shape index (κ3) is 2.10. The lowest BCUT2D eigenvalue weighted by Gasteiger charge is -2.66. The normalized spacial score (nSPS) is 55.2. The average molecular weight is 392 g/mol. The Morgan fingerprint density at radius 2 is 2.00 bits per heavy atom. The fraction of sp³-hybridized carbons (Fsp3) is 0.773. The summed E-state index contributed by atoms with van der Waals surface area (Å²) in [4.78, 5) is 12.6. The maximum Gasteiger partial charge on any atom is 0.196 e. The second-order valence-corrected chi connectivity index (χ2v) is 9.83. The second-order valence-electron chi connectivity index (χ2n) is 9.83. The van der Waals surface area contributed by atoms with Crippen molar-refractivity contribution in [3.8, 4) is 0 Å². The molecule has 156 valence electrons. The fourth-order valence-corrected chi connectivity index (χ4v) is 7.20. The maximum atomic E-state index is 12.6. The van der Waals surface area contributed by atoms with Crippen molar-refractivity contribution in [2.45, 2.75) is 65.1 Å². The lowest BCUT2D eigenvalue weighted by Crippen LogP contribution is -2.74. The van der Waals surface area contributed by atoms with E-state index in [-0.39, 0.29) is 36.2 Å². The van der Waals surface area contributed by atoms with Gasteiger partial charge in [0.15, 0.2) is 11.6 Å². The summed E-state index contributed by atoms with van der Waals surface area (Å²) in [5, 5.41) is 33.7. The highest BCUT2D eigenvalue weighted by atomic mass is 16.6. The summed E-state index contributed by atoms with van der Waals surface area (Å²) in [5.41, 5.74) is -0.742. The number of fused-ring (bicyclic) bond motifs is 1. The molecular formula is C22H32O6. The molecule has 1 saturated heterocycles. The first-order chi connectivity index (χ1) is 12.9. The molecule has 3 fully saturated rings. The van der Waals surface area contributed by atoms with Crippen molar-refractivity contribution < 1.29 is 29.6 Å². The van der Waals surface area contributed by atoms with Crippen LogP contribution in [0.5, 0.6) is 0 Å². The molecule has 1 heterocycles. The molecule has 0 amide bonds. The van der Waals surface area contributed by atoms with Gasteiger partial charge >= 0.3 is 0 Å². The molecule has 2 bridgehead atoms. The molecule has 0 aromatic heterocycles. The van der Waals surface area contributed by atoms with Gasteiger partial charge in [0.1, 0.15) is 18.3 Å². The first-order valence-corrected chi connectivity index (χ1v) is 10.2. The predicted molar refractivity (Wildman–Crippen MR) is 102 cm³/mol. The van der Waals surface area contributed by atoms with Gasteiger partial charge in [-0.1, -0.05) is 32.9 Å². The maximum absolute atomic E-state index is 12.6. The Balaban J connectivity index is 1.98. The van der Waals surface area contributed by atoms with Crippen molar-refractivity contribution in [3.05, 3.63) is 24.0 Å². The topological polar surface area (TPSA) is 96.2 Å². The minimum absolute atomic E-state index is 0.0501. The van der Waals surface area contributed by atoms with E-state index in [0.717, 1.165) is 5.57 Å². The third-order valence-corrected chi connectivity index (χ3v) is 8.61. The second kappa shape index (κ2) is 5.91. The molecule has 0 aromatic carbocycles. The van der Waals surface area contributed by atoms with E-state index in [2.05, 4.69) is 6.58 Å². The Morgan fingerprint density at radius 1 is 1.36 bits per heavy atom. The molecule has 6 heteroatoms. The van der Waals surface area contributed by atoms with Gasteiger partial charge in [0.05, 0.1) is 12.4 Å². The molecular weight excluding hydrogens is 360 g/mol. The van der Waals surface area contributed by atoms with E-state index in [1.165, 1.54) is 6.08 Å². The van der Waals surface area contributed by atoms with Crippen LogP contribution < -0.4 is 0 Å². The smallest absolute Gasteiger partial charge is 0.196 e. The number of allylic oxidation sites excluding steroid dienone is 2. The highest BCUT2D eigenvalue weighted by molar-refractivity contribution is 5.96. The summed E-state index contributed by atoms with van der Waals surface area (Å²) in [6, 6.07) is 0. The van der Waals surface area contributed by atoms with Crippen molar-refractivity contribution in [2.24, 2.45) is 34.5 Å². The zero-order valence-corrected chi connectivity index (χ0v) is 17.3. The van der Waals surface area contributed by atoms with Crippen LogP contribution in [-0.2, 0) is 14.3 Å². The van der Waals surface area contributed by atoms with Gasteiger partial charge in [-0.2, -0.15) is 0 Å². The Morgan fingerprint density at radius 3 is 2.61 bits per heavy atom. The van der Waals surface area contributed by atoms with Crippen LogP contribution in [0.4, 0.5) is 0 Å². The number of rotatable bonds is 2. The standard InChI is InChI=1S/C22H32O6/c1-10(2)28-16-8-14-11(3)7-15(23)18(25)20(14,6)19-21(16)9-27-22(19,26)17(24)12(4)13(21)5/h7,12-14,16-19,24-26H,1,8-9H2,2-6H3/t12-,13?,14+,16-,17-,18-,19?,20-,21-,22+/m1/s1. The fourth-order valence-electron chi connectivity index (χ4n) is 7.20. The Kier molecular flexibility index (Phi) is 4.24. The first kappa shape index (κ1) is 20.1. The molecule has 0 spiro atoms. The molecule has 10 atom stereocenters. The van der Waals surface area contributed by atoms with Crippen molar-refractivity contribution in [2.75, 3.05) is 6.61 Å². The number of hydrogen-bond acceptors (Lipinski definition) is 6. The molecule has 4 rings (SSSR count). The quantitative estimate of drug-likeness (QED) is 0.620. The summed E-state index contributed by atoms with van der Waals surface area (Å²) in [7, 11) is 0. The van der Waals surface area contributed by atoms with Crippen LogP contribution >= 0.6 is 0 Å². The van der Waals surface area contributed by atoms with Gasteiger partial charge < -0.3 is 24.8 Å². The molecule has 1 aliphatic heterocycles. The summed E-state index contributed by atoms with van der Waals surface area (Å²) in [6.45, 7) is 13.6. The van der Waals surface area contributed by atoms with Gasteiger partial charge in [-0.25, -0.2) is 0 Å². The van der Waals surface area contributed by atoms with Gasteiger partial charge in [0.25, 0.3) is 0 Å². The Hall–Kier alpha value is -1.21. The van der Waals surface area contributed by atoms with Gasteiger partial charge in [0, 0.05) is 16.7 Å². The van der Waals surface area contributed by atoms with Gasteiger partial charge in [-0.15, -0.1) is 0 Å². The van der Waals surface area contributed by atoms with Crippen LogP contribution in [-0.4, -0.2) is 51.8 Å². The van der Waals surface area contributed by atoms with E-state index >= 15 is 0 Å². The lowest BCUT2D eigenvalue weighted by molar-refractivity contribution is -0.325. The van der Waals surface area contributed by atoms with Crippen molar-refractivity contribution in [1.29, 1.82) is 0 Å². The SMILES string of the molecule is C=C(C)O[C@@H]1C[C@H]2C(C)=CC(=O)[C@@H](O)[C@]2(C)C2[C@@]13CO[C@@]2(O)[C@H](O)[C@H](C)C3C. The van der Waals surface area contributed by atoms with Crippen molar-refractivity contribution in [1.82, 2.24) is 0 Å². The number of aliphatic hydroxyl groups is 3. The summed E-state index contributed by atoms with van der Waals surface area (Å²) in [5.74, 6) is -2.72. The number of aliphatic hydroxyl groups excluding tert-OH is 2. The molecule has 0 radical (unpaired) electrons. The molecule has 3 N–H and O–H groups in total. The van der Waals surface area contributed by atoms with Crippen LogP contribution in [0.2, 0.25) is 0 Å². The molecule has 4 aliphatic rings. The van der Waals surface area contributed by atoms with E-state index in [1.807, 2.05) is 27.7 Å². The largest absolute Gasteiger partial charge is 0.495 e. The number of carbonyl (C=O) groups is 1. The number of carbonyl (C=O) groups excluding carboxylic acids is 1. The van der Waals surface area contributed by atoms with Crippen LogP contribution in [0.15, 0.2) is 24.0 Å². The van der Waals surface area contributed by atoms with Crippen molar-refractivity contribution in [3.63, 3.8) is 0 Å². The van der Waals surface area contributed by atoms with Crippen molar-refractivity contribution >= 4 is 5.78 Å². The molecule has 28 heavy (non-hydrogen) atoms. The Bertz CT molecular complexity index is 760. The number of ether oxygens (including phenoxy) is 2. The van der Waals surface area contributed by atoms with Gasteiger partial charge in [-0.05, 0) is 44.1 Å². The van der Waals surface area contributed by atoms with E-state index in [9.17, 15) is 20.1 Å². The highest BCUT2D eigenvalue weighted by Crippen LogP contribution is 2.72. The van der Waals surface area contributed by atoms with Gasteiger partial charge in [0.2, 0.25) is 0 Å². The number of hydrogen-bond donors (Lipinski definition) is 3. The number of ketones is 1. The molecule has 0 aromatic rings. The van der Waals surface area contributed by atoms with Gasteiger partial charge in [-0.3, -0.25) is 4.79 Å². The van der Waals surface area contributed by atoms with Crippen LogP contribution in [0.1, 0.15) is 41.0 Å². The van der Waals surface area contributed by atoms with Crippen LogP contribution in [0, 0.1) is 34.5 Å². The summed E-state index contributed by atoms with van der Waals surface area (Å²) >= 11 is 0. The minimum Gasteiger partial charge on any atom is -0.495 e. The zero-order valence-electron chi connectivity index (χ0n) is 17.3. The summed E-state index contributed by atoms with van der Waals surface area (Å²) in [6.07, 6.45) is -0.574. The third-order valence-electron chi connectivity index (χ3n) is 8.61. The molecule has 6 nitrogen and oxygen atoms in total. The van der Waals surface area contributed by atoms with Crippen LogP contribution in [0.3, 0.4) is 0 Å². The zero-order chi connectivity index (χ0) is 20.8. The monoisotopic (exact) mass is 392 g/mol. The molecule has 2 saturated carbocycles. The highest BCUT2D eigenvalue weighted by Gasteiger charge is 2.80. The average Bonchev–Trinajstić information content (AvgIpc) is 2.93. The van der Waals surface area contributed by atoms with E-state index in [4.69, 9.17) is 9.47 Å². The molecule has 2 unspecified atom stereocenters. The Labute approximate surface area is 166 Å². The minimum atomic E-state index is -1.84. The first-order valence-electron chi connectivity index (χ1n) is 10.2. The van der Waals surface area contributed by atoms with E-state index < -0.39 is 34.7 Å².